The summed E-state index contributed by atoms with van der Waals surface area (Å²) >= 11 is 0. The van der Waals surface area contributed by atoms with Crippen LogP contribution in [0.25, 0.3) is 0 Å². The van der Waals surface area contributed by atoms with E-state index in [0.717, 1.165) is 38.9 Å². The number of hydrogen-bond donors (Lipinski definition) is 0. The zero-order valence-corrected chi connectivity index (χ0v) is 15.5. The van der Waals surface area contributed by atoms with Gasteiger partial charge in [-0.1, -0.05) is 6.92 Å². The number of hydrogen-bond acceptors (Lipinski definition) is 4. The van der Waals surface area contributed by atoms with Crippen LogP contribution in [-0.4, -0.2) is 56.7 Å². The molecule has 3 heterocycles. The maximum atomic E-state index is 12.1. The molecule has 0 spiro atoms. The molecule has 1 amide bonds. The zero-order valence-electron chi connectivity index (χ0n) is 15.5. The monoisotopic (exact) mass is 345 g/mol. The van der Waals surface area contributed by atoms with Crippen molar-refractivity contribution in [1.82, 2.24) is 24.6 Å². The van der Waals surface area contributed by atoms with E-state index in [-0.39, 0.29) is 0 Å². The molecule has 25 heavy (non-hydrogen) atoms. The van der Waals surface area contributed by atoms with Gasteiger partial charge in [-0.2, -0.15) is 0 Å². The summed E-state index contributed by atoms with van der Waals surface area (Å²) in [4.78, 5) is 16.7. The van der Waals surface area contributed by atoms with Gasteiger partial charge in [-0.15, -0.1) is 10.2 Å². The molecule has 0 bridgehead atoms. The van der Waals surface area contributed by atoms with Gasteiger partial charge in [0, 0.05) is 31.5 Å². The lowest BCUT2D eigenvalue weighted by molar-refractivity contribution is -0.132. The highest BCUT2D eigenvalue weighted by molar-refractivity contribution is 5.76. The summed E-state index contributed by atoms with van der Waals surface area (Å²) in [5.41, 5.74) is 0. The van der Waals surface area contributed by atoms with Gasteiger partial charge in [-0.3, -0.25) is 9.69 Å². The smallest absolute Gasteiger partial charge is 0.222 e. The highest BCUT2D eigenvalue weighted by Gasteiger charge is 2.34. The molecule has 138 valence electrons. The Balaban J connectivity index is 1.44. The lowest BCUT2D eigenvalue weighted by Gasteiger charge is -2.32. The molecule has 1 aromatic rings. The maximum absolute atomic E-state index is 12.1. The first-order valence-corrected chi connectivity index (χ1v) is 10.2. The van der Waals surface area contributed by atoms with E-state index in [0.29, 0.717) is 24.3 Å². The topological polar surface area (TPSA) is 54.3 Å². The summed E-state index contributed by atoms with van der Waals surface area (Å²) < 4.78 is 2.46. The molecule has 0 atom stereocenters. The van der Waals surface area contributed by atoms with Gasteiger partial charge >= 0.3 is 0 Å². The fraction of sp³-hybridized carbons (Fsp3) is 0.842. The Morgan fingerprint density at radius 2 is 1.76 bits per heavy atom. The van der Waals surface area contributed by atoms with E-state index >= 15 is 0 Å². The number of amides is 1. The number of aromatic nitrogens is 3. The van der Waals surface area contributed by atoms with Crippen molar-refractivity contribution in [2.75, 3.05) is 26.2 Å². The molecule has 3 aliphatic rings. The van der Waals surface area contributed by atoms with Crippen LogP contribution >= 0.6 is 0 Å². The molecule has 0 aromatic carbocycles. The number of carbonyl (C=O) groups is 1. The quantitative estimate of drug-likeness (QED) is 0.795. The fourth-order valence-electron chi connectivity index (χ4n) is 4.35. The molecule has 6 nitrogen and oxygen atoms in total. The molecule has 2 aliphatic heterocycles. The van der Waals surface area contributed by atoms with Crippen molar-refractivity contribution in [3.8, 4) is 0 Å². The SMILES string of the molecule is CCCC(=O)N1CCC(c2nnc(CN3CCCC3)n2C2CC2)CC1. The van der Waals surface area contributed by atoms with Gasteiger partial charge in [-0.25, -0.2) is 0 Å². The first kappa shape index (κ1) is 17.0. The van der Waals surface area contributed by atoms with Crippen molar-refractivity contribution in [3.05, 3.63) is 11.6 Å². The number of nitrogens with zero attached hydrogens (tertiary/aromatic N) is 5. The number of piperidine rings is 1. The lowest BCUT2D eigenvalue weighted by Crippen LogP contribution is -2.38. The van der Waals surface area contributed by atoms with Crippen molar-refractivity contribution in [3.63, 3.8) is 0 Å². The van der Waals surface area contributed by atoms with Crippen LogP contribution in [0.3, 0.4) is 0 Å². The molecule has 3 fully saturated rings. The van der Waals surface area contributed by atoms with Gasteiger partial charge in [0.2, 0.25) is 5.91 Å². The minimum atomic E-state index is 0.319. The highest BCUT2D eigenvalue weighted by atomic mass is 16.2. The number of rotatable bonds is 6. The molecule has 0 radical (unpaired) electrons. The predicted molar refractivity (Wildman–Crippen MR) is 96.3 cm³/mol. The van der Waals surface area contributed by atoms with Gasteiger partial charge in [0.25, 0.3) is 0 Å². The molecular weight excluding hydrogens is 314 g/mol. The second-order valence-electron chi connectivity index (χ2n) is 7.96. The summed E-state index contributed by atoms with van der Waals surface area (Å²) in [6.45, 7) is 7.18. The van der Waals surface area contributed by atoms with Crippen molar-refractivity contribution in [2.45, 2.75) is 76.8 Å². The number of likely N-dealkylation sites (tertiary alicyclic amines) is 2. The van der Waals surface area contributed by atoms with Crippen LogP contribution in [0, 0.1) is 0 Å². The molecule has 0 N–H and O–H groups in total. The maximum Gasteiger partial charge on any atom is 0.222 e. The van der Waals surface area contributed by atoms with E-state index < -0.39 is 0 Å². The fourth-order valence-corrected chi connectivity index (χ4v) is 4.35. The average Bonchev–Trinajstić information content (AvgIpc) is 3.17. The number of carbonyl (C=O) groups excluding carboxylic acids is 1. The second kappa shape index (κ2) is 7.44. The lowest BCUT2D eigenvalue weighted by atomic mass is 9.95. The van der Waals surface area contributed by atoms with Crippen molar-refractivity contribution >= 4 is 5.91 Å². The van der Waals surface area contributed by atoms with Crippen LogP contribution in [0.2, 0.25) is 0 Å². The van der Waals surface area contributed by atoms with Crippen molar-refractivity contribution in [1.29, 1.82) is 0 Å². The minimum absolute atomic E-state index is 0.319. The van der Waals surface area contributed by atoms with Crippen molar-refractivity contribution < 1.29 is 4.79 Å². The molecular formula is C19H31N5O. The molecule has 2 saturated heterocycles. The first-order chi connectivity index (χ1) is 12.3. The van der Waals surface area contributed by atoms with E-state index in [1.807, 2.05) is 4.90 Å². The summed E-state index contributed by atoms with van der Waals surface area (Å²) in [7, 11) is 0. The van der Waals surface area contributed by atoms with Gasteiger partial charge in [0.15, 0.2) is 0 Å². The van der Waals surface area contributed by atoms with E-state index in [9.17, 15) is 4.79 Å². The summed E-state index contributed by atoms with van der Waals surface area (Å²) in [6, 6.07) is 0.627. The van der Waals surface area contributed by atoms with E-state index in [1.165, 1.54) is 50.4 Å². The van der Waals surface area contributed by atoms with E-state index in [2.05, 4.69) is 26.6 Å². The Bertz CT molecular complexity index is 595. The zero-order chi connectivity index (χ0) is 17.2. The third kappa shape index (κ3) is 3.73. The Morgan fingerprint density at radius 3 is 2.40 bits per heavy atom. The highest BCUT2D eigenvalue weighted by Crippen LogP contribution is 2.40. The molecule has 1 aliphatic carbocycles. The first-order valence-electron chi connectivity index (χ1n) is 10.2. The predicted octanol–water partition coefficient (Wildman–Crippen LogP) is 2.71. The third-order valence-corrected chi connectivity index (χ3v) is 5.95. The van der Waals surface area contributed by atoms with Crippen LogP contribution in [-0.2, 0) is 11.3 Å². The van der Waals surface area contributed by atoms with Gasteiger partial charge < -0.3 is 9.47 Å². The standard InChI is InChI=1S/C19H31N5O/c1-2-5-18(25)23-12-8-15(9-13-23)19-21-20-17(24(19)16-6-7-16)14-22-10-3-4-11-22/h15-16H,2-14H2,1H3. The Hall–Kier alpha value is -1.43. The summed E-state index contributed by atoms with van der Waals surface area (Å²) in [6.07, 6.45) is 8.85. The summed E-state index contributed by atoms with van der Waals surface area (Å²) in [5, 5.41) is 9.22. The molecule has 6 heteroatoms. The average molecular weight is 345 g/mol. The molecule has 1 saturated carbocycles. The van der Waals surface area contributed by atoms with Gasteiger partial charge in [-0.05, 0) is 58.0 Å². The van der Waals surface area contributed by atoms with Gasteiger partial charge in [0.05, 0.1) is 6.54 Å². The summed E-state index contributed by atoms with van der Waals surface area (Å²) in [5.74, 6) is 3.15. The van der Waals surface area contributed by atoms with E-state index in [4.69, 9.17) is 0 Å². The van der Waals surface area contributed by atoms with Crippen LogP contribution < -0.4 is 0 Å². The van der Waals surface area contributed by atoms with Crippen LogP contribution in [0.1, 0.15) is 81.9 Å². The Kier molecular flexibility index (Phi) is 5.06. The van der Waals surface area contributed by atoms with E-state index in [1.54, 1.807) is 0 Å². The Labute approximate surface area is 150 Å². The van der Waals surface area contributed by atoms with Crippen LogP contribution in [0.15, 0.2) is 0 Å². The second-order valence-corrected chi connectivity index (χ2v) is 7.96. The third-order valence-electron chi connectivity index (χ3n) is 5.95. The molecule has 4 rings (SSSR count). The molecule has 0 unspecified atom stereocenters. The van der Waals surface area contributed by atoms with Crippen LogP contribution in [0.4, 0.5) is 0 Å². The van der Waals surface area contributed by atoms with Crippen molar-refractivity contribution in [2.24, 2.45) is 0 Å². The largest absolute Gasteiger partial charge is 0.343 e. The van der Waals surface area contributed by atoms with Gasteiger partial charge in [0.1, 0.15) is 11.6 Å². The molecule has 1 aromatic heterocycles. The Morgan fingerprint density at radius 1 is 1.04 bits per heavy atom. The normalized spacial score (nSPS) is 22.7. The minimum Gasteiger partial charge on any atom is -0.343 e. The van der Waals surface area contributed by atoms with Crippen LogP contribution in [0.5, 0.6) is 0 Å².